The monoisotopic (exact) mass is 155 g/mol. The summed E-state index contributed by atoms with van der Waals surface area (Å²) in [5.41, 5.74) is 0.705. The van der Waals surface area contributed by atoms with E-state index < -0.39 is 0 Å². The molecule has 1 rings (SSSR count). The Morgan fingerprint density at radius 1 is 1.64 bits per heavy atom. The van der Waals surface area contributed by atoms with Crippen molar-refractivity contribution in [3.05, 3.63) is 10.6 Å². The summed E-state index contributed by atoms with van der Waals surface area (Å²) >= 11 is 0. The highest BCUT2D eigenvalue weighted by molar-refractivity contribution is 5.36. The first kappa shape index (κ1) is 7.71. The fraction of sp³-hybridized carbons (Fsp3) is 0.500. The highest BCUT2D eigenvalue weighted by Crippen LogP contribution is 2.21. The van der Waals surface area contributed by atoms with Crippen molar-refractivity contribution >= 4 is 5.82 Å². The van der Waals surface area contributed by atoms with E-state index in [1.54, 1.807) is 18.5 Å². The Balaban J connectivity index is 3.22. The molecule has 0 unspecified atom stereocenters. The van der Waals surface area contributed by atoms with Crippen LogP contribution in [0.15, 0.2) is 5.18 Å². The van der Waals surface area contributed by atoms with Gasteiger partial charge in [-0.15, -0.1) is 4.91 Å². The SMILES string of the molecule is COc1nc(N=O)c(C)n1C. The van der Waals surface area contributed by atoms with Crippen LogP contribution in [0.1, 0.15) is 5.69 Å². The molecule has 0 amide bonds. The summed E-state index contributed by atoms with van der Waals surface area (Å²) < 4.78 is 6.52. The summed E-state index contributed by atoms with van der Waals surface area (Å²) in [4.78, 5) is 13.9. The molecule has 0 atom stereocenters. The summed E-state index contributed by atoms with van der Waals surface area (Å²) in [6.07, 6.45) is 0. The second-order valence-corrected chi connectivity index (χ2v) is 2.16. The number of nitrogens with zero attached hydrogens (tertiary/aromatic N) is 3. The zero-order chi connectivity index (χ0) is 8.43. The lowest BCUT2D eigenvalue weighted by molar-refractivity contribution is 0.365. The van der Waals surface area contributed by atoms with Gasteiger partial charge in [0.1, 0.15) is 0 Å². The summed E-state index contributed by atoms with van der Waals surface area (Å²) in [6.45, 7) is 1.76. The van der Waals surface area contributed by atoms with Crippen LogP contribution in [0.4, 0.5) is 5.82 Å². The minimum Gasteiger partial charge on any atom is -0.468 e. The Labute approximate surface area is 64.0 Å². The zero-order valence-corrected chi connectivity index (χ0v) is 6.66. The second-order valence-electron chi connectivity index (χ2n) is 2.16. The highest BCUT2D eigenvalue weighted by Gasteiger charge is 2.10. The van der Waals surface area contributed by atoms with Gasteiger partial charge in [-0.3, -0.25) is 4.57 Å². The smallest absolute Gasteiger partial charge is 0.298 e. The Hall–Kier alpha value is -1.39. The molecule has 1 heterocycles. The van der Waals surface area contributed by atoms with E-state index in [0.29, 0.717) is 11.7 Å². The van der Waals surface area contributed by atoms with Gasteiger partial charge in [0.2, 0.25) is 5.82 Å². The minimum absolute atomic E-state index is 0.185. The van der Waals surface area contributed by atoms with Crippen molar-refractivity contribution in [1.29, 1.82) is 0 Å². The summed E-state index contributed by atoms with van der Waals surface area (Å²) in [6, 6.07) is 0.400. The molecule has 0 N–H and O–H groups in total. The number of hydrogen-bond acceptors (Lipinski definition) is 4. The van der Waals surface area contributed by atoms with Gasteiger partial charge >= 0.3 is 0 Å². The summed E-state index contributed by atoms with van der Waals surface area (Å²) in [5, 5.41) is 2.74. The van der Waals surface area contributed by atoms with Crippen LogP contribution in [0.25, 0.3) is 0 Å². The molecule has 11 heavy (non-hydrogen) atoms. The van der Waals surface area contributed by atoms with E-state index in [0.717, 1.165) is 0 Å². The summed E-state index contributed by atoms with van der Waals surface area (Å²) in [7, 11) is 3.26. The molecule has 60 valence electrons. The molecule has 1 aromatic rings. The first-order chi connectivity index (χ1) is 5.20. The predicted molar refractivity (Wildman–Crippen MR) is 40.0 cm³/mol. The molecule has 0 saturated carbocycles. The van der Waals surface area contributed by atoms with Crippen LogP contribution in [-0.2, 0) is 7.05 Å². The van der Waals surface area contributed by atoms with Gasteiger partial charge in [-0.25, -0.2) is 0 Å². The van der Waals surface area contributed by atoms with E-state index in [9.17, 15) is 4.91 Å². The van der Waals surface area contributed by atoms with Crippen LogP contribution in [0.2, 0.25) is 0 Å². The van der Waals surface area contributed by atoms with Crippen LogP contribution < -0.4 is 4.74 Å². The van der Waals surface area contributed by atoms with Crippen molar-refractivity contribution < 1.29 is 4.74 Å². The fourth-order valence-corrected chi connectivity index (χ4v) is 0.809. The van der Waals surface area contributed by atoms with E-state index in [1.807, 2.05) is 0 Å². The predicted octanol–water partition coefficient (Wildman–Crippen LogP) is 1.14. The lowest BCUT2D eigenvalue weighted by Gasteiger charge is -1.97. The number of imidazole rings is 1. The van der Waals surface area contributed by atoms with Crippen LogP contribution in [0.5, 0.6) is 6.01 Å². The Morgan fingerprint density at radius 3 is 2.55 bits per heavy atom. The maximum atomic E-state index is 10.1. The quantitative estimate of drug-likeness (QED) is 0.601. The second kappa shape index (κ2) is 2.69. The van der Waals surface area contributed by atoms with Gasteiger partial charge in [0, 0.05) is 7.05 Å². The van der Waals surface area contributed by atoms with Crippen molar-refractivity contribution in [3.63, 3.8) is 0 Å². The number of ether oxygens (including phenoxy) is 1. The van der Waals surface area contributed by atoms with Gasteiger partial charge in [-0.05, 0) is 12.1 Å². The molecule has 0 radical (unpaired) electrons. The molecule has 0 aliphatic heterocycles. The van der Waals surface area contributed by atoms with E-state index >= 15 is 0 Å². The lowest BCUT2D eigenvalue weighted by atomic mass is 10.5. The third kappa shape index (κ3) is 1.09. The number of aromatic nitrogens is 2. The number of methoxy groups -OCH3 is 1. The van der Waals surface area contributed by atoms with Crippen molar-refractivity contribution in [1.82, 2.24) is 9.55 Å². The fourth-order valence-electron chi connectivity index (χ4n) is 0.809. The van der Waals surface area contributed by atoms with Gasteiger partial charge < -0.3 is 4.74 Å². The first-order valence-electron chi connectivity index (χ1n) is 3.11. The molecule has 0 saturated heterocycles. The molecule has 1 aromatic heterocycles. The molecular formula is C6H9N3O2. The van der Waals surface area contributed by atoms with E-state index in [4.69, 9.17) is 4.74 Å². The molecule has 5 nitrogen and oxygen atoms in total. The number of nitroso groups, excluding NO2 is 1. The van der Waals surface area contributed by atoms with Crippen LogP contribution in [0.3, 0.4) is 0 Å². The molecule has 0 spiro atoms. The van der Waals surface area contributed by atoms with Crippen molar-refractivity contribution in [3.8, 4) is 6.01 Å². The normalized spacial score (nSPS) is 9.73. The Kier molecular flexibility index (Phi) is 1.89. The average molecular weight is 155 g/mol. The lowest BCUT2D eigenvalue weighted by Crippen LogP contribution is -1.95. The van der Waals surface area contributed by atoms with Crippen molar-refractivity contribution in [2.75, 3.05) is 7.11 Å². The molecular weight excluding hydrogens is 146 g/mol. The highest BCUT2D eigenvalue weighted by atomic mass is 16.5. The zero-order valence-electron chi connectivity index (χ0n) is 6.66. The van der Waals surface area contributed by atoms with Gasteiger partial charge in [0.15, 0.2) is 0 Å². The Bertz CT molecular complexity index is 280. The molecule has 0 bridgehead atoms. The summed E-state index contributed by atoms with van der Waals surface area (Å²) in [5.74, 6) is 0.185. The maximum Gasteiger partial charge on any atom is 0.298 e. The van der Waals surface area contributed by atoms with Crippen molar-refractivity contribution in [2.45, 2.75) is 6.92 Å². The molecule has 0 fully saturated rings. The Morgan fingerprint density at radius 2 is 2.27 bits per heavy atom. The molecule has 0 aromatic carbocycles. The van der Waals surface area contributed by atoms with E-state index in [-0.39, 0.29) is 5.82 Å². The van der Waals surface area contributed by atoms with Crippen LogP contribution in [0, 0.1) is 11.8 Å². The first-order valence-corrected chi connectivity index (χ1v) is 3.11. The minimum atomic E-state index is 0.185. The van der Waals surface area contributed by atoms with Gasteiger partial charge in [-0.1, -0.05) is 0 Å². The molecule has 0 aliphatic carbocycles. The third-order valence-electron chi connectivity index (χ3n) is 1.58. The molecule has 5 heteroatoms. The van der Waals surface area contributed by atoms with Gasteiger partial charge in [-0.2, -0.15) is 4.98 Å². The number of hydrogen-bond donors (Lipinski definition) is 0. The average Bonchev–Trinajstić information content (AvgIpc) is 2.30. The molecule has 0 aliphatic rings. The van der Waals surface area contributed by atoms with Gasteiger partial charge in [0.05, 0.1) is 12.8 Å². The third-order valence-corrected chi connectivity index (χ3v) is 1.58. The van der Waals surface area contributed by atoms with Crippen LogP contribution >= 0.6 is 0 Å². The van der Waals surface area contributed by atoms with Crippen molar-refractivity contribution in [2.24, 2.45) is 12.2 Å². The van der Waals surface area contributed by atoms with E-state index in [1.165, 1.54) is 7.11 Å². The topological polar surface area (TPSA) is 56.5 Å². The van der Waals surface area contributed by atoms with Gasteiger partial charge in [0.25, 0.3) is 6.01 Å². The van der Waals surface area contributed by atoms with E-state index in [2.05, 4.69) is 10.2 Å². The van der Waals surface area contributed by atoms with Crippen LogP contribution in [-0.4, -0.2) is 16.7 Å². The maximum absolute atomic E-state index is 10.1. The largest absolute Gasteiger partial charge is 0.468 e. The standard InChI is InChI=1S/C6H9N3O2/c1-4-5(8-10)7-6(11-3)9(4)2/h1-3H3. The number of rotatable bonds is 2.